The monoisotopic (exact) mass is 344 g/mol. The minimum Gasteiger partial charge on any atom is -0.361 e. The summed E-state index contributed by atoms with van der Waals surface area (Å²) < 4.78 is 0. The Morgan fingerprint density at radius 1 is 0.960 bits per heavy atom. The van der Waals surface area contributed by atoms with Gasteiger partial charge in [-0.3, -0.25) is 4.99 Å². The fraction of sp³-hybridized carbons (Fsp3) is 0.0455. The minimum absolute atomic E-state index is 0.750. The van der Waals surface area contributed by atoms with Crippen molar-refractivity contribution in [2.45, 2.75) is 11.3 Å². The summed E-state index contributed by atoms with van der Waals surface area (Å²) in [5, 5.41) is 3.15. The van der Waals surface area contributed by atoms with Crippen molar-refractivity contribution in [3.63, 3.8) is 0 Å². The molecule has 0 atom stereocenters. The van der Waals surface area contributed by atoms with Gasteiger partial charge in [-0.05, 0) is 41.6 Å². The van der Waals surface area contributed by atoms with Crippen LogP contribution in [0.2, 0.25) is 0 Å². The first-order chi connectivity index (χ1) is 12.3. The third kappa shape index (κ3) is 4.61. The zero-order valence-electron chi connectivity index (χ0n) is 13.9. The molecule has 0 saturated carbocycles. The van der Waals surface area contributed by atoms with Crippen LogP contribution in [-0.4, -0.2) is 5.71 Å². The van der Waals surface area contributed by atoms with E-state index in [1.165, 1.54) is 5.56 Å². The first-order valence-electron chi connectivity index (χ1n) is 8.13. The van der Waals surface area contributed by atoms with Crippen LogP contribution in [0.15, 0.2) is 102 Å². The zero-order valence-corrected chi connectivity index (χ0v) is 14.8. The molecule has 0 radical (unpaired) electrons. The van der Waals surface area contributed by atoms with E-state index in [1.807, 2.05) is 42.5 Å². The van der Waals surface area contributed by atoms with Crippen molar-refractivity contribution in [2.75, 3.05) is 5.32 Å². The molecule has 0 saturated heterocycles. The van der Waals surface area contributed by atoms with Gasteiger partial charge in [0.1, 0.15) is 0 Å². The van der Waals surface area contributed by atoms with E-state index in [0.717, 1.165) is 34.0 Å². The van der Waals surface area contributed by atoms with E-state index in [2.05, 4.69) is 60.9 Å². The average Bonchev–Trinajstić information content (AvgIpc) is 2.64. The van der Waals surface area contributed by atoms with E-state index >= 15 is 0 Å². The third-order valence-corrected chi connectivity index (χ3v) is 4.09. The summed E-state index contributed by atoms with van der Waals surface area (Å²) in [6.07, 6.45) is 2.42. The van der Waals surface area contributed by atoms with Crippen LogP contribution in [-0.2, 0) is 6.42 Å². The van der Waals surface area contributed by atoms with Crippen molar-refractivity contribution in [3.8, 4) is 0 Å². The molecule has 0 unspecified atom stereocenters. The molecule has 25 heavy (non-hydrogen) atoms. The van der Waals surface area contributed by atoms with Crippen LogP contribution in [0.25, 0.3) is 0 Å². The van der Waals surface area contributed by atoms with Gasteiger partial charge in [-0.15, -0.1) is 12.6 Å². The summed E-state index contributed by atoms with van der Waals surface area (Å²) in [4.78, 5) is 5.88. The predicted molar refractivity (Wildman–Crippen MR) is 110 cm³/mol. The van der Waals surface area contributed by atoms with E-state index in [1.54, 1.807) is 6.20 Å². The van der Waals surface area contributed by atoms with Crippen molar-refractivity contribution in [3.05, 3.63) is 103 Å². The van der Waals surface area contributed by atoms with Crippen LogP contribution >= 0.6 is 12.6 Å². The lowest BCUT2D eigenvalue weighted by Crippen LogP contribution is -2.05. The molecule has 3 aromatic carbocycles. The fourth-order valence-corrected chi connectivity index (χ4v) is 2.85. The lowest BCUT2D eigenvalue weighted by Gasteiger charge is -2.11. The zero-order chi connectivity index (χ0) is 17.5. The molecule has 0 aliphatic carbocycles. The number of thiol groups is 1. The number of nitrogens with one attached hydrogen (secondary N) is 1. The van der Waals surface area contributed by atoms with E-state index in [-0.39, 0.29) is 0 Å². The summed E-state index contributed by atoms with van der Waals surface area (Å²) >= 11 is 4.47. The highest BCUT2D eigenvalue weighted by molar-refractivity contribution is 7.80. The van der Waals surface area contributed by atoms with Gasteiger partial charge >= 0.3 is 0 Å². The van der Waals surface area contributed by atoms with E-state index < -0.39 is 0 Å². The smallest absolute Gasteiger partial charge is 0.0867 e. The molecule has 0 heterocycles. The molecule has 3 heteroatoms. The van der Waals surface area contributed by atoms with Crippen LogP contribution in [0.4, 0.5) is 11.4 Å². The van der Waals surface area contributed by atoms with E-state index in [0.29, 0.717) is 0 Å². The third-order valence-electron chi connectivity index (χ3n) is 3.81. The second kappa shape index (κ2) is 8.36. The maximum absolute atomic E-state index is 4.96. The summed E-state index contributed by atoms with van der Waals surface area (Å²) in [5.74, 6) is 0. The van der Waals surface area contributed by atoms with Gasteiger partial charge in [0.15, 0.2) is 0 Å². The summed E-state index contributed by atoms with van der Waals surface area (Å²) in [6, 6.07) is 26.4. The van der Waals surface area contributed by atoms with Gasteiger partial charge in [0, 0.05) is 11.3 Å². The van der Waals surface area contributed by atoms with Crippen LogP contribution in [0.1, 0.15) is 11.1 Å². The Kier molecular flexibility index (Phi) is 5.70. The standard InChI is InChI=1S/C22H20N2S/c1-2-23-20-13-6-7-14-21(20)24-22(15-17-9-4-3-5-10-17)18-11-8-12-19(25)16-18/h2-14,16,23,25H,1,15H2/b24-22+. The largest absolute Gasteiger partial charge is 0.361 e. The molecule has 0 aliphatic rings. The Hall–Kier alpha value is -2.78. The molecule has 3 aromatic rings. The van der Waals surface area contributed by atoms with Gasteiger partial charge < -0.3 is 5.32 Å². The highest BCUT2D eigenvalue weighted by Crippen LogP contribution is 2.26. The quantitative estimate of drug-likeness (QED) is 0.422. The van der Waals surface area contributed by atoms with E-state index in [4.69, 9.17) is 4.99 Å². The summed E-state index contributed by atoms with van der Waals surface area (Å²) in [6.45, 7) is 3.74. The molecule has 0 aliphatic heterocycles. The molecule has 1 N–H and O–H groups in total. The van der Waals surface area contributed by atoms with Gasteiger partial charge in [-0.25, -0.2) is 0 Å². The number of para-hydroxylation sites is 2. The number of anilines is 1. The number of hydrogen-bond donors (Lipinski definition) is 2. The normalized spacial score (nSPS) is 11.2. The average molecular weight is 344 g/mol. The number of benzene rings is 3. The number of aliphatic imine (C=N–C) groups is 1. The Morgan fingerprint density at radius 2 is 1.72 bits per heavy atom. The van der Waals surface area contributed by atoms with Crippen LogP contribution < -0.4 is 5.32 Å². The molecule has 2 nitrogen and oxygen atoms in total. The second-order valence-corrected chi connectivity index (χ2v) is 6.15. The lowest BCUT2D eigenvalue weighted by atomic mass is 10.0. The summed E-state index contributed by atoms with van der Waals surface area (Å²) in [7, 11) is 0. The van der Waals surface area contributed by atoms with Gasteiger partial charge in [-0.2, -0.15) is 0 Å². The highest BCUT2D eigenvalue weighted by Gasteiger charge is 2.08. The van der Waals surface area contributed by atoms with Gasteiger partial charge in [0.25, 0.3) is 0 Å². The van der Waals surface area contributed by atoms with Crippen molar-refractivity contribution in [1.29, 1.82) is 0 Å². The molecular weight excluding hydrogens is 324 g/mol. The Morgan fingerprint density at radius 3 is 2.48 bits per heavy atom. The maximum Gasteiger partial charge on any atom is 0.0867 e. The number of hydrogen-bond acceptors (Lipinski definition) is 3. The molecule has 0 fully saturated rings. The van der Waals surface area contributed by atoms with Crippen LogP contribution in [0, 0.1) is 0 Å². The fourth-order valence-electron chi connectivity index (χ4n) is 2.63. The lowest BCUT2D eigenvalue weighted by molar-refractivity contribution is 1.29. The first kappa shape index (κ1) is 17.1. The topological polar surface area (TPSA) is 24.4 Å². The second-order valence-electron chi connectivity index (χ2n) is 5.64. The van der Waals surface area contributed by atoms with Crippen molar-refractivity contribution < 1.29 is 0 Å². The molecule has 0 aromatic heterocycles. The van der Waals surface area contributed by atoms with Crippen molar-refractivity contribution >= 4 is 29.7 Å². The van der Waals surface area contributed by atoms with Gasteiger partial charge in [0.05, 0.1) is 17.1 Å². The Balaban J connectivity index is 2.06. The summed E-state index contributed by atoms with van der Waals surface area (Å²) in [5.41, 5.74) is 5.12. The Bertz CT molecular complexity index is 885. The first-order valence-corrected chi connectivity index (χ1v) is 8.58. The van der Waals surface area contributed by atoms with E-state index in [9.17, 15) is 0 Å². The highest BCUT2D eigenvalue weighted by atomic mass is 32.1. The van der Waals surface area contributed by atoms with Gasteiger partial charge in [0.2, 0.25) is 0 Å². The van der Waals surface area contributed by atoms with Gasteiger partial charge in [-0.1, -0.05) is 61.2 Å². The Labute approximate surface area is 154 Å². The molecular formula is C22H20N2S. The van der Waals surface area contributed by atoms with Crippen LogP contribution in [0.5, 0.6) is 0 Å². The molecule has 0 spiro atoms. The molecule has 0 amide bonds. The molecule has 3 rings (SSSR count). The van der Waals surface area contributed by atoms with Crippen LogP contribution in [0.3, 0.4) is 0 Å². The minimum atomic E-state index is 0.750. The molecule has 124 valence electrons. The number of nitrogens with zero attached hydrogens (tertiary/aromatic N) is 1. The predicted octanol–water partition coefficient (Wildman–Crippen LogP) is 5.89. The molecule has 0 bridgehead atoms. The number of rotatable bonds is 6. The van der Waals surface area contributed by atoms with Crippen molar-refractivity contribution in [1.82, 2.24) is 0 Å². The maximum atomic E-state index is 4.96. The van der Waals surface area contributed by atoms with Crippen molar-refractivity contribution in [2.24, 2.45) is 4.99 Å². The SMILES string of the molecule is C=CNc1ccccc1/N=C(\Cc1ccccc1)c1cccc(S)c1.